The lowest BCUT2D eigenvalue weighted by molar-refractivity contribution is 0.0718. The number of carbonyl (C=O) groups is 1. The van der Waals surface area contributed by atoms with Crippen LogP contribution < -0.4 is 5.32 Å². The van der Waals surface area contributed by atoms with Crippen LogP contribution in [0.4, 0.5) is 0 Å². The van der Waals surface area contributed by atoms with E-state index in [1.807, 2.05) is 11.0 Å². The molecule has 1 atom stereocenters. The average molecular weight is 354 g/mol. The van der Waals surface area contributed by atoms with Crippen LogP contribution >= 0.6 is 15.9 Å². The second kappa shape index (κ2) is 6.53. The molecule has 5 heteroatoms. The second-order valence-corrected chi connectivity index (χ2v) is 7.15. The second-order valence-electron chi connectivity index (χ2n) is 6.24. The Kier molecular flexibility index (Phi) is 4.69. The number of halogens is 1. The molecule has 0 bridgehead atoms. The minimum Gasteiger partial charge on any atom is -0.339 e. The van der Waals surface area contributed by atoms with Gasteiger partial charge in [-0.1, -0.05) is 0 Å². The van der Waals surface area contributed by atoms with Crippen molar-refractivity contribution in [2.75, 3.05) is 26.2 Å². The summed E-state index contributed by atoms with van der Waals surface area (Å²) in [5, 5.41) is 3.44. The molecule has 21 heavy (non-hydrogen) atoms. The minimum absolute atomic E-state index is 0.181. The fourth-order valence-electron chi connectivity index (χ4n) is 3.18. The zero-order chi connectivity index (χ0) is 14.8. The van der Waals surface area contributed by atoms with Crippen molar-refractivity contribution in [3.63, 3.8) is 0 Å². The van der Waals surface area contributed by atoms with Gasteiger partial charge in [0.1, 0.15) is 5.69 Å². The summed E-state index contributed by atoms with van der Waals surface area (Å²) in [6, 6.07) is 2.51. The number of rotatable bonds is 5. The summed E-state index contributed by atoms with van der Waals surface area (Å²) in [5.74, 6) is 0.774. The van der Waals surface area contributed by atoms with E-state index in [9.17, 15) is 4.79 Å². The first kappa shape index (κ1) is 15.1. The van der Waals surface area contributed by atoms with Gasteiger partial charge in [0, 0.05) is 29.8 Å². The van der Waals surface area contributed by atoms with Crippen LogP contribution in [0.2, 0.25) is 0 Å². The molecule has 1 N–H and O–H groups in total. The normalized spacial score (nSPS) is 22.3. The van der Waals surface area contributed by atoms with Crippen molar-refractivity contribution in [1.29, 1.82) is 0 Å². The van der Waals surface area contributed by atoms with Gasteiger partial charge in [-0.25, -0.2) is 0 Å². The highest BCUT2D eigenvalue weighted by Gasteiger charge is 2.30. The number of aromatic nitrogens is 1. The van der Waals surface area contributed by atoms with Crippen LogP contribution in [0.15, 0.2) is 16.7 Å². The molecule has 1 saturated carbocycles. The lowest BCUT2D eigenvalue weighted by Crippen LogP contribution is -2.41. The van der Waals surface area contributed by atoms with Crippen molar-refractivity contribution < 1.29 is 4.79 Å². The van der Waals surface area contributed by atoms with Crippen LogP contribution in [0.25, 0.3) is 0 Å². The highest BCUT2D eigenvalue weighted by Crippen LogP contribution is 2.37. The Morgan fingerprint density at radius 3 is 2.90 bits per heavy atom. The van der Waals surface area contributed by atoms with E-state index in [4.69, 9.17) is 0 Å². The van der Waals surface area contributed by atoms with Gasteiger partial charge in [0.15, 0.2) is 0 Å². The Bertz CT molecular complexity index is 504. The van der Waals surface area contributed by atoms with E-state index in [2.05, 4.69) is 38.9 Å². The summed E-state index contributed by atoms with van der Waals surface area (Å²) in [5.41, 5.74) is 0.843. The minimum atomic E-state index is 0.181. The van der Waals surface area contributed by atoms with Crippen LogP contribution in [0, 0.1) is 5.92 Å². The Labute approximate surface area is 135 Å². The van der Waals surface area contributed by atoms with Gasteiger partial charge in [-0.2, -0.15) is 0 Å². The summed E-state index contributed by atoms with van der Waals surface area (Å²) in [6.07, 6.45) is 6.89. The molecule has 1 aliphatic carbocycles. The zero-order valence-electron chi connectivity index (χ0n) is 12.6. The van der Waals surface area contributed by atoms with Crippen LogP contribution in [0.5, 0.6) is 0 Å². The first-order chi connectivity index (χ1) is 10.2. The lowest BCUT2D eigenvalue weighted by Gasteiger charge is -2.29. The standard InChI is InChI=1S/C16H24BrN3O/c1-2-19(10-12-4-3-7-18-9-12)16(21)15-8-13(17)11-20(15)14-5-6-14/h8,11-12,14,18H,2-7,9-10H2,1H3. The maximum Gasteiger partial charge on any atom is 0.270 e. The molecule has 1 aromatic rings. The van der Waals surface area contributed by atoms with E-state index < -0.39 is 0 Å². The van der Waals surface area contributed by atoms with Crippen molar-refractivity contribution in [3.8, 4) is 0 Å². The molecular weight excluding hydrogens is 330 g/mol. The molecule has 0 spiro atoms. The number of nitrogens with zero attached hydrogens (tertiary/aromatic N) is 2. The quantitative estimate of drug-likeness (QED) is 0.883. The molecule has 116 valence electrons. The Morgan fingerprint density at radius 2 is 2.29 bits per heavy atom. The number of hydrogen-bond acceptors (Lipinski definition) is 2. The number of amides is 1. The first-order valence-corrected chi connectivity index (χ1v) is 8.85. The number of nitrogens with one attached hydrogen (secondary N) is 1. The smallest absolute Gasteiger partial charge is 0.270 e. The Morgan fingerprint density at radius 1 is 1.48 bits per heavy atom. The summed E-state index contributed by atoms with van der Waals surface area (Å²) in [7, 11) is 0. The number of piperidine rings is 1. The third-order valence-electron chi connectivity index (χ3n) is 4.52. The van der Waals surface area contributed by atoms with Crippen LogP contribution in [0.1, 0.15) is 49.1 Å². The van der Waals surface area contributed by atoms with Gasteiger partial charge in [0.25, 0.3) is 5.91 Å². The first-order valence-electron chi connectivity index (χ1n) is 8.06. The third kappa shape index (κ3) is 3.51. The van der Waals surface area contributed by atoms with Gasteiger partial charge in [-0.05, 0) is 73.6 Å². The van der Waals surface area contributed by atoms with Crippen molar-refractivity contribution in [3.05, 3.63) is 22.4 Å². The SMILES string of the molecule is CCN(CC1CCCNC1)C(=O)c1cc(Br)cn1C1CC1. The Balaban J connectivity index is 1.72. The summed E-state index contributed by atoms with van der Waals surface area (Å²) >= 11 is 3.52. The third-order valence-corrected chi connectivity index (χ3v) is 4.95. The zero-order valence-corrected chi connectivity index (χ0v) is 14.2. The van der Waals surface area contributed by atoms with Gasteiger partial charge in [0.05, 0.1) is 0 Å². The van der Waals surface area contributed by atoms with Gasteiger partial charge in [-0.3, -0.25) is 4.79 Å². The molecule has 1 saturated heterocycles. The maximum atomic E-state index is 12.9. The molecule has 1 unspecified atom stereocenters. The molecule has 0 aromatic carbocycles. The van der Waals surface area contributed by atoms with Crippen LogP contribution in [-0.4, -0.2) is 41.6 Å². The molecule has 2 fully saturated rings. The average Bonchev–Trinajstić information content (AvgIpc) is 3.27. The van der Waals surface area contributed by atoms with Crippen LogP contribution in [0.3, 0.4) is 0 Å². The van der Waals surface area contributed by atoms with Gasteiger partial charge in [-0.15, -0.1) is 0 Å². The number of carbonyl (C=O) groups excluding carboxylic acids is 1. The van der Waals surface area contributed by atoms with Crippen molar-refractivity contribution in [2.45, 2.75) is 38.6 Å². The van der Waals surface area contributed by atoms with E-state index in [0.717, 1.165) is 36.3 Å². The van der Waals surface area contributed by atoms with Crippen molar-refractivity contribution in [2.24, 2.45) is 5.92 Å². The monoisotopic (exact) mass is 353 g/mol. The van der Waals surface area contributed by atoms with E-state index in [1.54, 1.807) is 0 Å². The highest BCUT2D eigenvalue weighted by atomic mass is 79.9. The predicted octanol–water partition coefficient (Wildman–Crippen LogP) is 3.05. The Hall–Kier alpha value is -0.810. The van der Waals surface area contributed by atoms with Crippen LogP contribution in [-0.2, 0) is 0 Å². The molecule has 3 rings (SSSR count). The van der Waals surface area contributed by atoms with E-state index in [1.165, 1.54) is 25.7 Å². The van der Waals surface area contributed by atoms with E-state index >= 15 is 0 Å². The fourth-order valence-corrected chi connectivity index (χ4v) is 3.62. The summed E-state index contributed by atoms with van der Waals surface area (Å²) < 4.78 is 3.17. The van der Waals surface area contributed by atoms with Gasteiger partial charge >= 0.3 is 0 Å². The largest absolute Gasteiger partial charge is 0.339 e. The summed E-state index contributed by atoms with van der Waals surface area (Å²) in [6.45, 7) is 5.89. The molecule has 2 heterocycles. The fraction of sp³-hybridized carbons (Fsp3) is 0.688. The predicted molar refractivity (Wildman–Crippen MR) is 87.6 cm³/mol. The lowest BCUT2D eigenvalue weighted by atomic mass is 9.99. The molecule has 1 aromatic heterocycles. The molecule has 0 radical (unpaired) electrons. The molecule has 1 aliphatic heterocycles. The van der Waals surface area contributed by atoms with Crippen molar-refractivity contribution >= 4 is 21.8 Å². The molecule has 2 aliphatic rings. The van der Waals surface area contributed by atoms with Gasteiger partial charge < -0.3 is 14.8 Å². The topological polar surface area (TPSA) is 37.3 Å². The maximum absolute atomic E-state index is 12.9. The molecule has 1 amide bonds. The number of hydrogen-bond donors (Lipinski definition) is 1. The van der Waals surface area contributed by atoms with E-state index in [-0.39, 0.29) is 5.91 Å². The molecular formula is C16H24BrN3O. The van der Waals surface area contributed by atoms with Crippen molar-refractivity contribution in [1.82, 2.24) is 14.8 Å². The van der Waals surface area contributed by atoms with Gasteiger partial charge in [0.2, 0.25) is 0 Å². The summed E-state index contributed by atoms with van der Waals surface area (Å²) in [4.78, 5) is 14.9. The molecule has 4 nitrogen and oxygen atoms in total. The highest BCUT2D eigenvalue weighted by molar-refractivity contribution is 9.10. The van der Waals surface area contributed by atoms with E-state index in [0.29, 0.717) is 12.0 Å².